The van der Waals surface area contributed by atoms with Gasteiger partial charge < -0.3 is 4.74 Å². The van der Waals surface area contributed by atoms with Gasteiger partial charge in [0.1, 0.15) is 6.10 Å². The Labute approximate surface area is 99.5 Å². The fourth-order valence-electron chi connectivity index (χ4n) is 2.11. The van der Waals surface area contributed by atoms with E-state index in [9.17, 15) is 0 Å². The van der Waals surface area contributed by atoms with Crippen molar-refractivity contribution in [3.8, 4) is 0 Å². The molecule has 0 N–H and O–H groups in total. The molecule has 0 spiro atoms. The van der Waals surface area contributed by atoms with E-state index in [-0.39, 0.29) is 6.10 Å². The summed E-state index contributed by atoms with van der Waals surface area (Å²) in [5.41, 5.74) is 3.96. The van der Waals surface area contributed by atoms with Crippen molar-refractivity contribution in [2.45, 2.75) is 12.7 Å². The van der Waals surface area contributed by atoms with Gasteiger partial charge >= 0.3 is 0 Å². The number of pyridine rings is 1. The van der Waals surface area contributed by atoms with Gasteiger partial charge in [0.15, 0.2) is 5.69 Å². The van der Waals surface area contributed by atoms with Gasteiger partial charge in [-0.05, 0) is 17.2 Å². The Morgan fingerprint density at radius 2 is 2.29 bits per heavy atom. The van der Waals surface area contributed by atoms with Crippen molar-refractivity contribution in [3.05, 3.63) is 70.8 Å². The number of rotatable bonds is 1. The molecule has 0 aliphatic carbocycles. The summed E-state index contributed by atoms with van der Waals surface area (Å²) in [6.07, 6.45) is 3.56. The second-order valence-corrected chi connectivity index (χ2v) is 3.97. The molecule has 2 aromatic rings. The largest absolute Gasteiger partial charge is 0.364 e. The topological polar surface area (TPSA) is 26.5 Å². The number of benzene rings is 1. The van der Waals surface area contributed by atoms with Crippen LogP contribution in [0.2, 0.25) is 0 Å². The molecular weight excluding hydrogens is 212 g/mol. The Balaban J connectivity index is 2.04. The van der Waals surface area contributed by atoms with Crippen LogP contribution in [0.3, 0.4) is 0 Å². The number of ether oxygens (including phenoxy) is 1. The molecule has 0 fully saturated rings. The summed E-state index contributed by atoms with van der Waals surface area (Å²) < 4.78 is 5.77. The van der Waals surface area contributed by atoms with Crippen molar-refractivity contribution < 1.29 is 4.74 Å². The van der Waals surface area contributed by atoms with Crippen LogP contribution in [0.5, 0.6) is 0 Å². The molecule has 1 unspecified atom stereocenters. The molecule has 17 heavy (non-hydrogen) atoms. The molecule has 1 aromatic heterocycles. The molecule has 1 aromatic carbocycles. The van der Waals surface area contributed by atoms with Crippen LogP contribution < -0.4 is 0 Å². The van der Waals surface area contributed by atoms with Crippen LogP contribution in [0.25, 0.3) is 4.85 Å². The lowest BCUT2D eigenvalue weighted by Crippen LogP contribution is -1.97. The van der Waals surface area contributed by atoms with E-state index >= 15 is 0 Å². The van der Waals surface area contributed by atoms with E-state index in [2.05, 4.69) is 9.83 Å². The third kappa shape index (κ3) is 1.69. The first-order chi connectivity index (χ1) is 8.38. The highest BCUT2D eigenvalue weighted by Gasteiger charge is 2.24. The first-order valence-corrected chi connectivity index (χ1v) is 5.40. The summed E-state index contributed by atoms with van der Waals surface area (Å²) in [4.78, 5) is 7.53. The van der Waals surface area contributed by atoms with Gasteiger partial charge in [-0.2, -0.15) is 0 Å². The standard InChI is InChI=1S/C14H10N2O/c1-15-12-4-2-3-10(7-12)14-13-5-6-16-8-11(13)9-17-14/h2-8,14H,9H2. The van der Waals surface area contributed by atoms with Crippen molar-refractivity contribution in [3.63, 3.8) is 0 Å². The molecule has 3 heteroatoms. The minimum atomic E-state index is -0.0605. The summed E-state index contributed by atoms with van der Waals surface area (Å²) in [5, 5.41) is 0. The first kappa shape index (κ1) is 10.0. The molecule has 0 bridgehead atoms. The van der Waals surface area contributed by atoms with Crippen molar-refractivity contribution in [2.75, 3.05) is 0 Å². The highest BCUT2D eigenvalue weighted by Crippen LogP contribution is 2.36. The van der Waals surface area contributed by atoms with Crippen LogP contribution in [0.4, 0.5) is 5.69 Å². The van der Waals surface area contributed by atoms with Crippen LogP contribution in [-0.2, 0) is 11.3 Å². The van der Waals surface area contributed by atoms with E-state index < -0.39 is 0 Å². The number of hydrogen-bond donors (Lipinski definition) is 0. The van der Waals surface area contributed by atoms with Gasteiger partial charge in [0, 0.05) is 18.0 Å². The molecule has 82 valence electrons. The van der Waals surface area contributed by atoms with E-state index in [1.54, 1.807) is 12.3 Å². The molecule has 1 aliphatic rings. The molecule has 2 heterocycles. The van der Waals surface area contributed by atoms with E-state index in [4.69, 9.17) is 11.3 Å². The minimum absolute atomic E-state index is 0.0605. The second-order valence-electron chi connectivity index (χ2n) is 3.97. The van der Waals surface area contributed by atoms with Gasteiger partial charge in [-0.15, -0.1) is 0 Å². The molecular formula is C14H10N2O. The lowest BCUT2D eigenvalue weighted by Gasteiger charge is -2.11. The zero-order valence-electron chi connectivity index (χ0n) is 9.13. The SMILES string of the molecule is [C-]#[N+]c1cccc(C2OCc3cnccc32)c1. The summed E-state index contributed by atoms with van der Waals surface area (Å²) in [6.45, 7) is 7.62. The van der Waals surface area contributed by atoms with Crippen LogP contribution in [-0.4, -0.2) is 4.98 Å². The molecule has 1 aliphatic heterocycles. The first-order valence-electron chi connectivity index (χ1n) is 5.40. The Bertz CT molecular complexity index is 601. The fraction of sp³-hybridized carbons (Fsp3) is 0.143. The Kier molecular flexibility index (Phi) is 2.36. The Morgan fingerprint density at radius 3 is 3.18 bits per heavy atom. The van der Waals surface area contributed by atoms with Crippen molar-refractivity contribution >= 4 is 5.69 Å². The summed E-state index contributed by atoms with van der Waals surface area (Å²) >= 11 is 0. The van der Waals surface area contributed by atoms with Crippen molar-refractivity contribution in [1.82, 2.24) is 4.98 Å². The molecule has 3 nitrogen and oxygen atoms in total. The zero-order chi connectivity index (χ0) is 11.7. The molecule has 0 radical (unpaired) electrons. The maximum atomic E-state index is 7.03. The van der Waals surface area contributed by atoms with Crippen LogP contribution in [0, 0.1) is 6.57 Å². The van der Waals surface area contributed by atoms with E-state index in [0.717, 1.165) is 16.7 Å². The Hall–Kier alpha value is -2.18. The van der Waals surface area contributed by atoms with Crippen LogP contribution in [0.1, 0.15) is 22.8 Å². The number of hydrogen-bond acceptors (Lipinski definition) is 2. The molecule has 0 amide bonds. The van der Waals surface area contributed by atoms with Gasteiger partial charge in [-0.3, -0.25) is 4.98 Å². The normalized spacial score (nSPS) is 17.5. The average molecular weight is 222 g/mol. The predicted octanol–water partition coefficient (Wildman–Crippen LogP) is 3.25. The molecule has 0 saturated heterocycles. The summed E-state index contributed by atoms with van der Waals surface area (Å²) in [7, 11) is 0. The Morgan fingerprint density at radius 1 is 1.35 bits per heavy atom. The maximum Gasteiger partial charge on any atom is 0.187 e. The van der Waals surface area contributed by atoms with Crippen molar-refractivity contribution in [1.29, 1.82) is 0 Å². The van der Waals surface area contributed by atoms with Gasteiger partial charge in [0.25, 0.3) is 0 Å². The molecule has 0 saturated carbocycles. The third-order valence-electron chi connectivity index (χ3n) is 2.93. The van der Waals surface area contributed by atoms with Gasteiger partial charge in [0.2, 0.25) is 0 Å². The quantitative estimate of drug-likeness (QED) is 0.692. The molecule has 3 rings (SSSR count). The third-order valence-corrected chi connectivity index (χ3v) is 2.93. The number of nitrogens with zero attached hydrogens (tertiary/aromatic N) is 2. The average Bonchev–Trinajstić information content (AvgIpc) is 2.82. The predicted molar refractivity (Wildman–Crippen MR) is 63.6 cm³/mol. The number of aromatic nitrogens is 1. The maximum absolute atomic E-state index is 7.03. The van der Waals surface area contributed by atoms with E-state index in [1.165, 1.54) is 0 Å². The minimum Gasteiger partial charge on any atom is -0.364 e. The number of fused-ring (bicyclic) bond motifs is 1. The van der Waals surface area contributed by atoms with Crippen LogP contribution in [0.15, 0.2) is 42.7 Å². The van der Waals surface area contributed by atoms with Gasteiger partial charge in [-0.25, -0.2) is 4.85 Å². The van der Waals surface area contributed by atoms with Gasteiger partial charge in [0.05, 0.1) is 13.2 Å². The van der Waals surface area contributed by atoms with Gasteiger partial charge in [-0.1, -0.05) is 24.3 Å². The summed E-state index contributed by atoms with van der Waals surface area (Å²) in [6, 6.07) is 9.56. The highest BCUT2D eigenvalue weighted by atomic mass is 16.5. The summed E-state index contributed by atoms with van der Waals surface area (Å²) in [5.74, 6) is 0. The second kappa shape index (κ2) is 4.00. The zero-order valence-corrected chi connectivity index (χ0v) is 9.13. The van der Waals surface area contributed by atoms with Crippen LogP contribution >= 0.6 is 0 Å². The lowest BCUT2D eigenvalue weighted by molar-refractivity contribution is 0.0939. The smallest absolute Gasteiger partial charge is 0.187 e. The monoisotopic (exact) mass is 222 g/mol. The lowest BCUT2D eigenvalue weighted by atomic mass is 10.0. The van der Waals surface area contributed by atoms with E-state index in [1.807, 2.05) is 30.5 Å². The van der Waals surface area contributed by atoms with E-state index in [0.29, 0.717) is 12.3 Å². The molecule has 1 atom stereocenters. The highest BCUT2D eigenvalue weighted by molar-refractivity contribution is 5.49. The fourth-order valence-corrected chi connectivity index (χ4v) is 2.11. The van der Waals surface area contributed by atoms with Crippen molar-refractivity contribution in [2.24, 2.45) is 0 Å².